The molecule has 9 heteroatoms. The highest BCUT2D eigenvalue weighted by Crippen LogP contribution is 2.34. The maximum atomic E-state index is 13.2. The van der Waals surface area contributed by atoms with E-state index >= 15 is 0 Å². The fraction of sp³-hybridized carbons (Fsp3) is 0.522. The molecule has 2 amide bonds. The molecular weight excluding hydrogens is 423 g/mol. The van der Waals surface area contributed by atoms with Crippen LogP contribution in [0.3, 0.4) is 0 Å². The second-order valence-electron chi connectivity index (χ2n) is 8.53. The van der Waals surface area contributed by atoms with E-state index in [1.165, 1.54) is 6.07 Å². The van der Waals surface area contributed by atoms with Crippen LogP contribution in [0.25, 0.3) is 0 Å². The van der Waals surface area contributed by atoms with Gasteiger partial charge in [-0.1, -0.05) is 18.6 Å². The number of rotatable bonds is 3. The number of aromatic nitrogens is 1. The Hall–Kier alpha value is -2.84. The van der Waals surface area contributed by atoms with Gasteiger partial charge in [-0.25, -0.2) is 4.98 Å². The number of amides is 2. The van der Waals surface area contributed by atoms with Gasteiger partial charge in [0.2, 0.25) is 11.7 Å². The Bertz CT molecular complexity index is 1020. The van der Waals surface area contributed by atoms with Gasteiger partial charge >= 0.3 is 6.18 Å². The summed E-state index contributed by atoms with van der Waals surface area (Å²) in [4.78, 5) is 33.8. The highest BCUT2D eigenvalue weighted by atomic mass is 19.4. The lowest BCUT2D eigenvalue weighted by atomic mass is 9.96. The van der Waals surface area contributed by atoms with Gasteiger partial charge in [0.25, 0.3) is 5.91 Å². The SMILES string of the molecule is Cc1nc(C)c(C(=O)N2CC[C@H]3[C@H]2CCCCC(=O)N3Cc2cccc(C(F)(F)F)c2)o1. The molecule has 0 N–H and O–H groups in total. The molecule has 0 saturated carbocycles. The first-order valence-electron chi connectivity index (χ1n) is 10.9. The predicted molar refractivity (Wildman–Crippen MR) is 110 cm³/mol. The van der Waals surface area contributed by atoms with Gasteiger partial charge in [-0.2, -0.15) is 13.2 Å². The lowest BCUT2D eigenvalue weighted by molar-refractivity contribution is -0.137. The summed E-state index contributed by atoms with van der Waals surface area (Å²) in [6.45, 7) is 3.95. The molecule has 0 unspecified atom stereocenters. The van der Waals surface area contributed by atoms with Crippen LogP contribution in [0.2, 0.25) is 0 Å². The number of fused-ring (bicyclic) bond motifs is 1. The van der Waals surface area contributed by atoms with Crippen LogP contribution in [0, 0.1) is 13.8 Å². The average molecular weight is 449 g/mol. The number of hydrogen-bond acceptors (Lipinski definition) is 4. The molecule has 4 rings (SSSR count). The zero-order valence-electron chi connectivity index (χ0n) is 18.1. The van der Waals surface area contributed by atoms with Crippen molar-refractivity contribution < 1.29 is 27.2 Å². The van der Waals surface area contributed by atoms with Crippen LogP contribution >= 0.6 is 0 Å². The van der Waals surface area contributed by atoms with Crippen molar-refractivity contribution in [3.8, 4) is 0 Å². The van der Waals surface area contributed by atoms with Crippen LogP contribution in [0.5, 0.6) is 0 Å². The summed E-state index contributed by atoms with van der Waals surface area (Å²) >= 11 is 0. The van der Waals surface area contributed by atoms with Crippen LogP contribution in [0.1, 0.15) is 65.4 Å². The van der Waals surface area contributed by atoms with Crippen molar-refractivity contribution in [2.45, 2.75) is 70.8 Å². The number of alkyl halides is 3. The summed E-state index contributed by atoms with van der Waals surface area (Å²) in [5.74, 6) is 0.294. The first-order chi connectivity index (χ1) is 15.1. The van der Waals surface area contributed by atoms with Crippen molar-refractivity contribution in [3.05, 3.63) is 52.7 Å². The number of likely N-dealkylation sites (tertiary alicyclic amines) is 2. The van der Waals surface area contributed by atoms with Gasteiger partial charge in [0.05, 0.1) is 23.3 Å². The zero-order valence-corrected chi connectivity index (χ0v) is 18.1. The molecule has 6 nitrogen and oxygen atoms in total. The molecule has 2 aromatic rings. The summed E-state index contributed by atoms with van der Waals surface area (Å²) < 4.78 is 45.0. The topological polar surface area (TPSA) is 66.7 Å². The lowest BCUT2D eigenvalue weighted by Gasteiger charge is -2.37. The first-order valence-corrected chi connectivity index (χ1v) is 10.9. The van der Waals surface area contributed by atoms with Gasteiger partial charge in [0.1, 0.15) is 0 Å². The number of nitrogens with zero attached hydrogens (tertiary/aromatic N) is 3. The van der Waals surface area contributed by atoms with Crippen molar-refractivity contribution in [1.29, 1.82) is 0 Å². The molecule has 32 heavy (non-hydrogen) atoms. The Morgan fingerprint density at radius 2 is 1.97 bits per heavy atom. The summed E-state index contributed by atoms with van der Waals surface area (Å²) in [5.41, 5.74) is 0.225. The molecule has 172 valence electrons. The molecule has 2 saturated heterocycles. The van der Waals surface area contributed by atoms with Crippen LogP contribution < -0.4 is 0 Å². The Labute approximate surface area is 184 Å². The number of aryl methyl sites for hydroxylation is 2. The van der Waals surface area contributed by atoms with Crippen molar-refractivity contribution >= 4 is 11.8 Å². The fourth-order valence-corrected chi connectivity index (χ4v) is 4.87. The highest BCUT2D eigenvalue weighted by Gasteiger charge is 2.43. The van der Waals surface area contributed by atoms with E-state index in [1.54, 1.807) is 29.7 Å². The summed E-state index contributed by atoms with van der Waals surface area (Å²) in [7, 11) is 0. The summed E-state index contributed by atoms with van der Waals surface area (Å²) in [6, 6.07) is 4.64. The lowest BCUT2D eigenvalue weighted by Crippen LogP contribution is -2.49. The molecule has 2 aliphatic rings. The minimum atomic E-state index is -4.44. The second kappa shape index (κ2) is 8.60. The average Bonchev–Trinajstić information content (AvgIpc) is 3.29. The molecule has 0 bridgehead atoms. The number of halogens is 3. The third kappa shape index (κ3) is 4.38. The van der Waals surface area contributed by atoms with Crippen LogP contribution in [-0.2, 0) is 17.5 Å². The third-order valence-corrected chi connectivity index (χ3v) is 6.34. The maximum absolute atomic E-state index is 13.2. The summed E-state index contributed by atoms with van der Waals surface area (Å²) in [6.07, 6.45) is -1.28. The van der Waals surface area contributed by atoms with Gasteiger partial charge in [0.15, 0.2) is 5.89 Å². The number of hydrogen-bond donors (Lipinski definition) is 0. The smallest absolute Gasteiger partial charge is 0.416 e. The number of carbonyl (C=O) groups excluding carboxylic acids is 2. The van der Waals surface area contributed by atoms with Crippen LogP contribution in [0.15, 0.2) is 28.7 Å². The minimum absolute atomic E-state index is 0.0851. The van der Waals surface area contributed by atoms with Gasteiger partial charge in [-0.05, 0) is 43.9 Å². The number of oxazole rings is 1. The third-order valence-electron chi connectivity index (χ3n) is 6.34. The normalized spacial score (nSPS) is 22.0. The molecule has 3 heterocycles. The van der Waals surface area contributed by atoms with E-state index in [0.29, 0.717) is 43.0 Å². The van der Waals surface area contributed by atoms with Crippen molar-refractivity contribution in [2.24, 2.45) is 0 Å². The maximum Gasteiger partial charge on any atom is 0.416 e. The predicted octanol–water partition coefficient (Wildman–Crippen LogP) is 4.50. The largest absolute Gasteiger partial charge is 0.436 e. The fourth-order valence-electron chi connectivity index (χ4n) is 4.87. The molecule has 2 aliphatic heterocycles. The molecule has 0 spiro atoms. The van der Waals surface area contributed by atoms with E-state index in [2.05, 4.69) is 4.98 Å². The van der Waals surface area contributed by atoms with E-state index in [0.717, 1.165) is 25.0 Å². The Balaban J connectivity index is 1.60. The standard InChI is InChI=1S/C23H26F3N3O3/c1-14-21(32-15(2)27-14)22(31)28-11-10-19-18(28)8-3-4-9-20(30)29(19)13-16-6-5-7-17(12-16)23(24,25)26/h5-7,12,18-19H,3-4,8-11,13H2,1-2H3/t18-,19+/m1/s1. The molecular formula is C23H26F3N3O3. The Kier molecular flexibility index (Phi) is 6.01. The minimum Gasteiger partial charge on any atom is -0.436 e. The van der Waals surface area contributed by atoms with Gasteiger partial charge < -0.3 is 14.2 Å². The van der Waals surface area contributed by atoms with Gasteiger partial charge in [-0.3, -0.25) is 9.59 Å². The van der Waals surface area contributed by atoms with E-state index in [1.807, 2.05) is 0 Å². The second-order valence-corrected chi connectivity index (χ2v) is 8.53. The molecule has 1 aromatic carbocycles. The zero-order chi connectivity index (χ0) is 23.0. The first kappa shape index (κ1) is 22.4. The van der Waals surface area contributed by atoms with Crippen molar-refractivity contribution in [3.63, 3.8) is 0 Å². The monoisotopic (exact) mass is 449 g/mol. The molecule has 0 radical (unpaired) electrons. The molecule has 2 atom stereocenters. The van der Waals surface area contributed by atoms with E-state index < -0.39 is 11.7 Å². The van der Waals surface area contributed by atoms with E-state index in [4.69, 9.17) is 4.42 Å². The number of carbonyl (C=O) groups is 2. The quantitative estimate of drug-likeness (QED) is 0.692. The van der Waals surface area contributed by atoms with Gasteiger partial charge in [-0.15, -0.1) is 0 Å². The summed E-state index contributed by atoms with van der Waals surface area (Å²) in [5, 5.41) is 0. The van der Waals surface area contributed by atoms with E-state index in [9.17, 15) is 22.8 Å². The van der Waals surface area contributed by atoms with Crippen LogP contribution in [-0.4, -0.2) is 45.2 Å². The highest BCUT2D eigenvalue weighted by molar-refractivity contribution is 5.93. The Morgan fingerprint density at radius 3 is 2.66 bits per heavy atom. The van der Waals surface area contributed by atoms with Gasteiger partial charge in [0, 0.05) is 26.4 Å². The van der Waals surface area contributed by atoms with Crippen molar-refractivity contribution in [2.75, 3.05) is 6.54 Å². The van der Waals surface area contributed by atoms with E-state index in [-0.39, 0.29) is 36.2 Å². The Morgan fingerprint density at radius 1 is 1.19 bits per heavy atom. The van der Waals surface area contributed by atoms with Crippen molar-refractivity contribution in [1.82, 2.24) is 14.8 Å². The molecule has 1 aromatic heterocycles. The number of benzene rings is 1. The molecule has 2 fully saturated rings. The van der Waals surface area contributed by atoms with Crippen LogP contribution in [0.4, 0.5) is 13.2 Å². The molecule has 0 aliphatic carbocycles.